The first-order valence-corrected chi connectivity index (χ1v) is 24.2. The molecule has 1 amide bonds. The number of aromatic amines is 1. The lowest BCUT2D eigenvalue weighted by molar-refractivity contribution is -0.384. The zero-order valence-corrected chi connectivity index (χ0v) is 38.3. The number of likely N-dealkylation sites (tertiary alicyclic amines) is 1. The van der Waals surface area contributed by atoms with Crippen LogP contribution in [0.1, 0.15) is 119 Å². The average Bonchev–Trinajstić information content (AvgIpc) is 3.95. The number of hydrogen-bond acceptors (Lipinski definition) is 12. The molecule has 3 aliphatic rings. The van der Waals surface area contributed by atoms with Crippen molar-refractivity contribution in [1.82, 2.24) is 24.6 Å². The Balaban J connectivity index is 0.972. The molecule has 4 N–H and O–H groups in total. The molecule has 1 aliphatic carbocycles. The standard InChI is InChI=1S/C48H59FN8O7S/c1-5-47(4,59)18-8-9-21-50-45-40(57(60)61)27-34(28-52-45)65(62,63)54-46(58)38-16-15-33(26-41(38)64-42-25-32-17-22-51-44(32)53-43(42)49)55-23-19-48(20-24-55)29-56(30-48)39-14-10-13-37(39)36-12-7-6-11-35(36)31(2)3/h6-7,11-12,15-17,22,25-28,31,37,39,59H,5,8-10,13-14,18-21,23-24,29-30H2,1-4H3,(H,50,52)(H,51,53)(H,54,58)/t37-,39-,47-/m1/s1. The molecule has 0 unspecified atom stereocenters. The molecule has 5 heterocycles. The summed E-state index contributed by atoms with van der Waals surface area (Å²) in [6.45, 7) is 12.1. The summed E-state index contributed by atoms with van der Waals surface area (Å²) in [4.78, 5) is 40.3. The number of nitrogens with zero attached hydrogens (tertiary/aromatic N) is 5. The van der Waals surface area contributed by atoms with Crippen LogP contribution in [0.15, 0.2) is 78.0 Å². The lowest BCUT2D eigenvalue weighted by Crippen LogP contribution is -2.63. The van der Waals surface area contributed by atoms with Crippen molar-refractivity contribution in [2.45, 2.75) is 114 Å². The van der Waals surface area contributed by atoms with E-state index in [4.69, 9.17) is 4.74 Å². The maximum atomic E-state index is 15.4. The number of H-pyrrole nitrogens is 1. The Hall–Kier alpha value is -5.65. The summed E-state index contributed by atoms with van der Waals surface area (Å²) in [5.74, 6) is -1.50. The minimum Gasteiger partial charge on any atom is -0.452 e. The van der Waals surface area contributed by atoms with Crippen molar-refractivity contribution < 1.29 is 32.4 Å². The van der Waals surface area contributed by atoms with Gasteiger partial charge in [0.15, 0.2) is 5.75 Å². The lowest BCUT2D eigenvalue weighted by Gasteiger charge is -2.57. The molecule has 1 spiro atoms. The van der Waals surface area contributed by atoms with Gasteiger partial charge < -0.3 is 25.0 Å². The van der Waals surface area contributed by atoms with E-state index in [0.717, 1.165) is 57.0 Å². The van der Waals surface area contributed by atoms with Crippen LogP contribution in [0.5, 0.6) is 11.5 Å². The Bertz CT molecular complexity index is 2660. The number of anilines is 2. The number of carbonyl (C=O) groups is 1. The normalized spacial score (nSPS) is 19.6. The number of ether oxygens (including phenoxy) is 1. The molecule has 2 aliphatic heterocycles. The van der Waals surface area contributed by atoms with Gasteiger partial charge in [0.05, 0.1) is 22.3 Å². The number of carbonyl (C=O) groups excluding carboxylic acids is 1. The first-order valence-electron chi connectivity index (χ1n) is 22.8. The van der Waals surface area contributed by atoms with Crippen molar-refractivity contribution in [3.8, 4) is 11.5 Å². The molecule has 3 atom stereocenters. The van der Waals surface area contributed by atoms with Gasteiger partial charge in [0.25, 0.3) is 21.9 Å². The summed E-state index contributed by atoms with van der Waals surface area (Å²) in [5.41, 5.74) is 2.59. The minimum absolute atomic E-state index is 0.0982. The summed E-state index contributed by atoms with van der Waals surface area (Å²) in [6, 6.07) is 18.2. The number of piperidine rings is 1. The van der Waals surface area contributed by atoms with Crippen LogP contribution in [0.4, 0.5) is 21.6 Å². The van der Waals surface area contributed by atoms with Crippen molar-refractivity contribution in [2.75, 3.05) is 42.9 Å². The summed E-state index contributed by atoms with van der Waals surface area (Å²) in [6.07, 6.45) is 10.5. The molecule has 65 heavy (non-hydrogen) atoms. The number of sulfonamides is 1. The third kappa shape index (κ3) is 9.97. The number of benzene rings is 2. The largest absolute Gasteiger partial charge is 0.452 e. The molecule has 17 heteroatoms. The molecule has 346 valence electrons. The van der Waals surface area contributed by atoms with E-state index in [0.29, 0.717) is 61.1 Å². The van der Waals surface area contributed by atoms with Crippen molar-refractivity contribution >= 4 is 44.2 Å². The van der Waals surface area contributed by atoms with Crippen molar-refractivity contribution in [3.05, 3.63) is 106 Å². The predicted octanol–water partition coefficient (Wildman–Crippen LogP) is 9.02. The topological polar surface area (TPSA) is 196 Å². The summed E-state index contributed by atoms with van der Waals surface area (Å²) in [7, 11) is -4.71. The second kappa shape index (κ2) is 18.7. The molecule has 3 aromatic heterocycles. The number of nitro groups is 1. The molecule has 1 saturated carbocycles. The highest BCUT2D eigenvalue weighted by atomic mass is 32.2. The van der Waals surface area contributed by atoms with Crippen LogP contribution in [0, 0.1) is 21.5 Å². The SMILES string of the molecule is CC[C@@](C)(O)CCCCNc1ncc(S(=O)(=O)NC(=O)c2ccc(N3CCC4(CC3)CN([C@@H]3CCC[C@@H]3c3ccccc3C(C)C)C4)cc2Oc2cc3cc[nH]c3nc2F)cc1[N+](=O)[O-]. The maximum Gasteiger partial charge on any atom is 0.312 e. The molecule has 0 radical (unpaired) electrons. The smallest absolute Gasteiger partial charge is 0.312 e. The van der Waals surface area contributed by atoms with Crippen LogP contribution >= 0.6 is 0 Å². The van der Waals surface area contributed by atoms with Gasteiger partial charge >= 0.3 is 5.69 Å². The highest BCUT2D eigenvalue weighted by molar-refractivity contribution is 7.90. The molecular formula is C48H59FN8O7S. The van der Waals surface area contributed by atoms with Crippen LogP contribution < -0.4 is 19.7 Å². The monoisotopic (exact) mass is 910 g/mol. The summed E-state index contributed by atoms with van der Waals surface area (Å²) < 4.78 is 50.8. The second-order valence-electron chi connectivity index (χ2n) is 18.7. The maximum absolute atomic E-state index is 15.4. The number of hydrogen-bond donors (Lipinski definition) is 4. The van der Waals surface area contributed by atoms with E-state index in [9.17, 15) is 28.4 Å². The molecular weight excluding hydrogens is 852 g/mol. The van der Waals surface area contributed by atoms with Gasteiger partial charge in [-0.3, -0.25) is 19.8 Å². The highest BCUT2D eigenvalue weighted by Crippen LogP contribution is 2.49. The average molecular weight is 911 g/mol. The Morgan fingerprint density at radius 2 is 1.86 bits per heavy atom. The van der Waals surface area contributed by atoms with Gasteiger partial charge in [-0.05, 0) is 111 Å². The third-order valence-corrected chi connectivity index (χ3v) is 15.2. The number of fused-ring (bicyclic) bond motifs is 1. The summed E-state index contributed by atoms with van der Waals surface area (Å²) >= 11 is 0. The van der Waals surface area contributed by atoms with Crippen LogP contribution in [0.25, 0.3) is 11.0 Å². The van der Waals surface area contributed by atoms with Gasteiger partial charge in [-0.25, -0.2) is 18.1 Å². The molecule has 2 aromatic carbocycles. The molecule has 15 nitrogen and oxygen atoms in total. The van der Waals surface area contributed by atoms with Gasteiger partial charge in [-0.1, -0.05) is 51.5 Å². The number of halogens is 1. The van der Waals surface area contributed by atoms with Crippen molar-refractivity contribution in [1.29, 1.82) is 0 Å². The van der Waals surface area contributed by atoms with E-state index in [1.165, 1.54) is 42.5 Å². The predicted molar refractivity (Wildman–Crippen MR) is 248 cm³/mol. The van der Waals surface area contributed by atoms with Crippen LogP contribution in [0.2, 0.25) is 0 Å². The fourth-order valence-electron chi connectivity index (χ4n) is 9.94. The lowest BCUT2D eigenvalue weighted by atomic mass is 9.70. The molecule has 3 fully saturated rings. The third-order valence-electron chi connectivity index (χ3n) is 13.9. The number of unbranched alkanes of at least 4 members (excludes halogenated alkanes) is 1. The number of pyridine rings is 2. The minimum atomic E-state index is -4.71. The van der Waals surface area contributed by atoms with Crippen LogP contribution in [-0.4, -0.2) is 88.6 Å². The van der Waals surface area contributed by atoms with Crippen molar-refractivity contribution in [3.63, 3.8) is 0 Å². The van der Waals surface area contributed by atoms with E-state index < -0.39 is 43.0 Å². The molecule has 0 bridgehead atoms. The first kappa shape index (κ1) is 45.9. The van der Waals surface area contributed by atoms with Gasteiger partial charge in [0.2, 0.25) is 5.82 Å². The van der Waals surface area contributed by atoms with Crippen molar-refractivity contribution in [2.24, 2.45) is 5.41 Å². The quantitative estimate of drug-likeness (QED) is 0.0300. The molecule has 2 saturated heterocycles. The fourth-order valence-corrected chi connectivity index (χ4v) is 10.9. The van der Waals surface area contributed by atoms with Gasteiger partial charge in [0.1, 0.15) is 16.3 Å². The number of rotatable bonds is 17. The summed E-state index contributed by atoms with van der Waals surface area (Å²) in [5, 5.41) is 25.7. The second-order valence-corrected chi connectivity index (χ2v) is 20.4. The van der Waals surface area contributed by atoms with Gasteiger partial charge in [-0.2, -0.15) is 9.37 Å². The highest BCUT2D eigenvalue weighted by Gasteiger charge is 2.49. The molecule has 5 aromatic rings. The Kier molecular flexibility index (Phi) is 13.2. The van der Waals surface area contributed by atoms with E-state index in [-0.39, 0.29) is 28.3 Å². The molecule has 8 rings (SSSR count). The van der Waals surface area contributed by atoms with Gasteiger partial charge in [0, 0.05) is 68.2 Å². The first-order chi connectivity index (χ1) is 31.0. The number of amides is 1. The number of aliphatic hydroxyl groups is 1. The van der Waals surface area contributed by atoms with Crippen LogP contribution in [0.3, 0.4) is 0 Å². The van der Waals surface area contributed by atoms with E-state index in [1.807, 2.05) is 11.6 Å². The van der Waals surface area contributed by atoms with E-state index >= 15 is 4.39 Å². The Morgan fingerprint density at radius 1 is 1.09 bits per heavy atom. The fraction of sp³-hybridized carbons (Fsp3) is 0.479. The van der Waals surface area contributed by atoms with Crippen LogP contribution in [-0.2, 0) is 10.0 Å². The number of aromatic nitrogens is 3. The zero-order valence-electron chi connectivity index (χ0n) is 37.5. The Morgan fingerprint density at radius 3 is 2.60 bits per heavy atom. The van der Waals surface area contributed by atoms with Gasteiger partial charge in [-0.15, -0.1) is 0 Å². The zero-order chi connectivity index (χ0) is 46.1. The number of nitrogens with one attached hydrogen (secondary N) is 3. The Labute approximate surface area is 379 Å². The van der Waals surface area contributed by atoms with E-state index in [2.05, 4.69) is 68.2 Å². The van der Waals surface area contributed by atoms with E-state index in [1.54, 1.807) is 31.3 Å².